The number of hydrogen-bond acceptors (Lipinski definition) is 8. The van der Waals surface area contributed by atoms with Crippen molar-refractivity contribution in [1.82, 2.24) is 9.97 Å². The number of nitrogens with zero attached hydrogens (tertiary/aromatic N) is 5. The summed E-state index contributed by atoms with van der Waals surface area (Å²) in [5.74, 6) is 1.04. The van der Waals surface area contributed by atoms with Crippen molar-refractivity contribution in [3.63, 3.8) is 0 Å². The second-order valence-corrected chi connectivity index (χ2v) is 7.67. The van der Waals surface area contributed by atoms with Crippen molar-refractivity contribution in [2.45, 2.75) is 13.8 Å². The molecule has 0 bridgehead atoms. The average molecular weight is 435 g/mol. The molecule has 9 nitrogen and oxygen atoms in total. The van der Waals surface area contributed by atoms with Crippen molar-refractivity contribution in [2.75, 3.05) is 48.4 Å². The van der Waals surface area contributed by atoms with E-state index in [1.807, 2.05) is 17.0 Å². The van der Waals surface area contributed by atoms with Crippen molar-refractivity contribution in [1.29, 1.82) is 0 Å². The number of nitrogens with one attached hydrogen (secondary N) is 1. The van der Waals surface area contributed by atoms with Gasteiger partial charge < -0.3 is 19.9 Å². The minimum atomic E-state index is -0.426. The van der Waals surface area contributed by atoms with Crippen LogP contribution in [0.2, 0.25) is 0 Å². The fraction of sp³-hybridized carbons (Fsp3) is 0.304. The first-order chi connectivity index (χ1) is 15.5. The monoisotopic (exact) mass is 434 g/mol. The third-order valence-corrected chi connectivity index (χ3v) is 5.84. The van der Waals surface area contributed by atoms with Crippen LogP contribution in [0, 0.1) is 24.0 Å². The number of piperazine rings is 1. The number of aromatic nitrogens is 2. The van der Waals surface area contributed by atoms with E-state index < -0.39 is 4.92 Å². The van der Waals surface area contributed by atoms with Crippen LogP contribution >= 0.6 is 0 Å². The van der Waals surface area contributed by atoms with Gasteiger partial charge in [-0.2, -0.15) is 0 Å². The van der Waals surface area contributed by atoms with E-state index in [2.05, 4.69) is 52.2 Å². The average Bonchev–Trinajstić information content (AvgIpc) is 2.81. The molecule has 0 radical (unpaired) electrons. The summed E-state index contributed by atoms with van der Waals surface area (Å²) in [6, 6.07) is 13.5. The number of para-hydroxylation sites is 2. The fourth-order valence-corrected chi connectivity index (χ4v) is 3.97. The Morgan fingerprint density at radius 1 is 1.00 bits per heavy atom. The molecule has 9 heteroatoms. The highest BCUT2D eigenvalue weighted by Gasteiger charge is 2.30. The lowest BCUT2D eigenvalue weighted by Crippen LogP contribution is -2.47. The van der Waals surface area contributed by atoms with Gasteiger partial charge in [0.15, 0.2) is 0 Å². The summed E-state index contributed by atoms with van der Waals surface area (Å²) in [6.07, 6.45) is 1.36. The Labute approximate surface area is 186 Å². The zero-order valence-electron chi connectivity index (χ0n) is 18.4. The van der Waals surface area contributed by atoms with Crippen molar-refractivity contribution >= 4 is 28.7 Å². The number of methoxy groups -OCH3 is 1. The summed E-state index contributed by atoms with van der Waals surface area (Å²) >= 11 is 0. The molecule has 0 unspecified atom stereocenters. The summed E-state index contributed by atoms with van der Waals surface area (Å²) in [6.45, 7) is 6.98. The number of rotatable bonds is 6. The van der Waals surface area contributed by atoms with Crippen molar-refractivity contribution in [2.24, 2.45) is 0 Å². The standard InChI is InChI=1S/C23H26N6O3/c1-16-7-6-9-19(17(16)2)27-11-13-28(14-12-27)23-21(29(30)31)22(24-15-25-23)26-18-8-4-5-10-20(18)32-3/h4-10,15H,11-14H2,1-3H3,(H,24,25,26). The first-order valence-corrected chi connectivity index (χ1v) is 10.4. The van der Waals surface area contributed by atoms with E-state index in [9.17, 15) is 10.1 Å². The number of ether oxygens (including phenoxy) is 1. The Morgan fingerprint density at radius 2 is 1.72 bits per heavy atom. The smallest absolute Gasteiger partial charge is 0.353 e. The molecule has 3 aromatic rings. The SMILES string of the molecule is COc1ccccc1Nc1ncnc(N2CCN(c3cccc(C)c3C)CC2)c1[N+](=O)[O-]. The van der Waals surface area contributed by atoms with Crippen LogP contribution in [-0.2, 0) is 0 Å². The first-order valence-electron chi connectivity index (χ1n) is 10.4. The molecule has 1 N–H and O–H groups in total. The molecule has 1 aliphatic heterocycles. The van der Waals surface area contributed by atoms with E-state index >= 15 is 0 Å². The first kappa shape index (κ1) is 21.4. The van der Waals surface area contributed by atoms with Gasteiger partial charge in [0.05, 0.1) is 17.7 Å². The van der Waals surface area contributed by atoms with Crippen molar-refractivity contribution < 1.29 is 9.66 Å². The molecule has 1 saturated heterocycles. The molecule has 4 rings (SSSR count). The highest BCUT2D eigenvalue weighted by Crippen LogP contribution is 2.36. The van der Waals surface area contributed by atoms with Crippen molar-refractivity contribution in [3.05, 3.63) is 70.0 Å². The third kappa shape index (κ3) is 4.14. The lowest BCUT2D eigenvalue weighted by Gasteiger charge is -2.37. The molecule has 32 heavy (non-hydrogen) atoms. The molecule has 1 aromatic heterocycles. The molecule has 0 saturated carbocycles. The fourth-order valence-electron chi connectivity index (χ4n) is 3.97. The zero-order valence-corrected chi connectivity index (χ0v) is 18.4. The van der Waals surface area contributed by atoms with E-state index in [0.717, 1.165) is 13.1 Å². The molecule has 1 fully saturated rings. The van der Waals surface area contributed by atoms with Crippen molar-refractivity contribution in [3.8, 4) is 5.75 Å². The maximum atomic E-state index is 12.0. The molecule has 0 atom stereocenters. The maximum absolute atomic E-state index is 12.0. The highest BCUT2D eigenvalue weighted by atomic mass is 16.6. The number of hydrogen-bond donors (Lipinski definition) is 1. The van der Waals surface area contributed by atoms with Crippen LogP contribution in [0.15, 0.2) is 48.8 Å². The lowest BCUT2D eigenvalue weighted by atomic mass is 10.1. The second kappa shape index (κ2) is 9.09. The van der Waals surface area contributed by atoms with Gasteiger partial charge in [0.1, 0.15) is 12.1 Å². The summed E-state index contributed by atoms with van der Waals surface area (Å²) in [5, 5.41) is 15.1. The molecule has 2 heterocycles. The van der Waals surface area contributed by atoms with Crippen LogP contribution < -0.4 is 19.9 Å². The molecule has 2 aromatic carbocycles. The summed E-state index contributed by atoms with van der Waals surface area (Å²) in [7, 11) is 1.55. The molecule has 0 spiro atoms. The Kier molecular flexibility index (Phi) is 6.07. The van der Waals surface area contributed by atoms with E-state index in [1.165, 1.54) is 23.1 Å². The van der Waals surface area contributed by atoms with E-state index in [-0.39, 0.29) is 11.5 Å². The van der Waals surface area contributed by atoms with Gasteiger partial charge in [0.25, 0.3) is 0 Å². The van der Waals surface area contributed by atoms with E-state index in [4.69, 9.17) is 4.74 Å². The molecular weight excluding hydrogens is 408 g/mol. The van der Waals surface area contributed by atoms with Gasteiger partial charge in [0, 0.05) is 31.9 Å². The quantitative estimate of drug-likeness (QED) is 0.458. The van der Waals surface area contributed by atoms with Gasteiger partial charge in [-0.3, -0.25) is 10.1 Å². The Morgan fingerprint density at radius 3 is 2.44 bits per heavy atom. The van der Waals surface area contributed by atoms with Crippen LogP contribution in [-0.4, -0.2) is 48.2 Å². The predicted molar refractivity (Wildman–Crippen MR) is 125 cm³/mol. The third-order valence-electron chi connectivity index (χ3n) is 5.84. The number of anilines is 4. The molecule has 1 aliphatic rings. The summed E-state index contributed by atoms with van der Waals surface area (Å²) < 4.78 is 5.34. The van der Waals surface area contributed by atoms with Gasteiger partial charge in [-0.25, -0.2) is 9.97 Å². The Bertz CT molecular complexity index is 1130. The second-order valence-electron chi connectivity index (χ2n) is 7.67. The minimum absolute atomic E-state index is 0.140. The summed E-state index contributed by atoms with van der Waals surface area (Å²) in [4.78, 5) is 24.3. The lowest BCUT2D eigenvalue weighted by molar-refractivity contribution is -0.383. The Hall–Kier alpha value is -3.88. The van der Waals surface area contributed by atoms with Crippen LogP contribution in [0.4, 0.5) is 28.7 Å². The largest absolute Gasteiger partial charge is 0.495 e. The number of nitro groups is 1. The van der Waals surface area contributed by atoms with Gasteiger partial charge in [0.2, 0.25) is 11.6 Å². The van der Waals surface area contributed by atoms with Crippen LogP contribution in [0.1, 0.15) is 11.1 Å². The number of aryl methyl sites for hydroxylation is 1. The molecule has 0 amide bonds. The topological polar surface area (TPSA) is 96.7 Å². The van der Waals surface area contributed by atoms with Gasteiger partial charge in [-0.15, -0.1) is 0 Å². The molecular formula is C23H26N6O3. The molecule has 0 aliphatic carbocycles. The van der Waals surface area contributed by atoms with Crippen LogP contribution in [0.5, 0.6) is 5.75 Å². The molecule has 166 valence electrons. The summed E-state index contributed by atoms with van der Waals surface area (Å²) in [5.41, 5.74) is 4.18. The minimum Gasteiger partial charge on any atom is -0.495 e. The predicted octanol–water partition coefficient (Wildman–Crippen LogP) is 4.08. The zero-order chi connectivity index (χ0) is 22.7. The van der Waals surface area contributed by atoms with Gasteiger partial charge >= 0.3 is 5.69 Å². The van der Waals surface area contributed by atoms with Gasteiger partial charge in [-0.05, 0) is 43.2 Å². The number of benzene rings is 2. The maximum Gasteiger partial charge on any atom is 0.353 e. The van der Waals surface area contributed by atoms with Crippen LogP contribution in [0.25, 0.3) is 0 Å². The van der Waals surface area contributed by atoms with Crippen LogP contribution in [0.3, 0.4) is 0 Å². The highest BCUT2D eigenvalue weighted by molar-refractivity contribution is 5.76. The van der Waals surface area contributed by atoms with E-state index in [0.29, 0.717) is 30.3 Å². The Balaban J connectivity index is 1.59. The normalized spacial score (nSPS) is 13.7. The van der Waals surface area contributed by atoms with Gasteiger partial charge in [-0.1, -0.05) is 24.3 Å². The van der Waals surface area contributed by atoms with E-state index in [1.54, 1.807) is 19.2 Å².